The van der Waals surface area contributed by atoms with Crippen LogP contribution in [0.5, 0.6) is 5.75 Å². The van der Waals surface area contributed by atoms with Gasteiger partial charge in [0.05, 0.1) is 41.7 Å². The Kier molecular flexibility index (Phi) is 8.25. The number of hydrogen-bond donors (Lipinski definition) is 3. The number of carboxylic acids is 1. The van der Waals surface area contributed by atoms with Gasteiger partial charge in [0.2, 0.25) is 11.0 Å². The molecular formula is C30H28N6O5S2. The van der Waals surface area contributed by atoms with E-state index in [1.54, 1.807) is 36.3 Å². The molecule has 1 unspecified atom stereocenters. The first-order valence-corrected chi connectivity index (χ1v) is 15.0. The summed E-state index contributed by atoms with van der Waals surface area (Å²) >= 11 is 2.31. The summed E-state index contributed by atoms with van der Waals surface area (Å²) < 4.78 is 5.75. The molecule has 1 amide bonds. The van der Waals surface area contributed by atoms with Crippen molar-refractivity contribution >= 4 is 51.6 Å². The average molecular weight is 617 g/mol. The molecule has 5 rings (SSSR count). The number of nitriles is 1. The molecule has 4 N–H and O–H groups in total. The number of aromatic nitrogens is 2. The molecule has 220 valence electrons. The molecule has 1 aliphatic heterocycles. The van der Waals surface area contributed by atoms with Crippen molar-refractivity contribution in [3.63, 3.8) is 0 Å². The van der Waals surface area contributed by atoms with Gasteiger partial charge in [-0.3, -0.25) is 14.5 Å². The maximum Gasteiger partial charge on any atom is 0.337 e. The van der Waals surface area contributed by atoms with Gasteiger partial charge < -0.3 is 20.9 Å². The van der Waals surface area contributed by atoms with E-state index in [0.29, 0.717) is 39.3 Å². The molecule has 2 aromatic carbocycles. The molecule has 11 nitrogen and oxygen atoms in total. The number of hydrogen-bond acceptors (Lipinski definition) is 11. The van der Waals surface area contributed by atoms with E-state index in [0.717, 1.165) is 17.3 Å². The normalized spacial score (nSPS) is 17.8. The minimum absolute atomic E-state index is 0.0123. The average Bonchev–Trinajstić information content (AvgIpc) is 3.43. The number of ether oxygens (including phenoxy) is 1. The van der Waals surface area contributed by atoms with Crippen molar-refractivity contribution in [2.45, 2.75) is 36.9 Å². The van der Waals surface area contributed by atoms with Crippen LogP contribution in [-0.2, 0) is 9.59 Å². The number of rotatable bonds is 8. The number of carbonyl (C=O) groups excluding carboxylic acids is 2. The van der Waals surface area contributed by atoms with E-state index in [1.807, 2.05) is 26.0 Å². The van der Waals surface area contributed by atoms with Crippen molar-refractivity contribution in [2.75, 3.05) is 23.1 Å². The molecule has 0 saturated heterocycles. The minimum atomic E-state index is -1.14. The Labute approximate surface area is 256 Å². The van der Waals surface area contributed by atoms with Crippen LogP contribution < -0.4 is 20.7 Å². The van der Waals surface area contributed by atoms with Crippen molar-refractivity contribution in [2.24, 2.45) is 11.1 Å². The molecule has 0 saturated carbocycles. The third-order valence-electron chi connectivity index (χ3n) is 7.18. The fraction of sp³-hybridized carbons (Fsp3) is 0.267. The van der Waals surface area contributed by atoms with Gasteiger partial charge in [-0.2, -0.15) is 5.26 Å². The first kappa shape index (κ1) is 29.8. The third kappa shape index (κ3) is 5.97. The first-order chi connectivity index (χ1) is 20.5. The molecule has 1 atom stereocenters. The number of benzene rings is 2. The molecular weight excluding hydrogens is 589 g/mol. The fourth-order valence-electron chi connectivity index (χ4n) is 5.30. The fourth-order valence-corrected chi connectivity index (χ4v) is 6.98. The number of aromatic carboxylic acids is 1. The van der Waals surface area contributed by atoms with Crippen LogP contribution in [0.25, 0.3) is 0 Å². The Morgan fingerprint density at radius 1 is 1.21 bits per heavy atom. The van der Waals surface area contributed by atoms with Gasteiger partial charge in [0, 0.05) is 17.7 Å². The maximum absolute atomic E-state index is 13.7. The van der Waals surface area contributed by atoms with Crippen LogP contribution in [0, 0.1) is 16.7 Å². The summed E-state index contributed by atoms with van der Waals surface area (Å²) in [5.74, 6) is -1.47. The van der Waals surface area contributed by atoms with Gasteiger partial charge in [-0.25, -0.2) is 4.79 Å². The third-order valence-corrected chi connectivity index (χ3v) is 9.22. The van der Waals surface area contributed by atoms with E-state index in [2.05, 4.69) is 21.6 Å². The lowest BCUT2D eigenvalue weighted by Gasteiger charge is -2.42. The summed E-state index contributed by atoms with van der Waals surface area (Å²) in [7, 11) is 1.57. The number of amides is 1. The summed E-state index contributed by atoms with van der Waals surface area (Å²) in [5, 5.41) is 31.2. The molecule has 3 aromatic rings. The van der Waals surface area contributed by atoms with Gasteiger partial charge in [0.25, 0.3) is 0 Å². The van der Waals surface area contributed by atoms with Crippen LogP contribution in [0.4, 0.5) is 10.8 Å². The highest BCUT2D eigenvalue weighted by molar-refractivity contribution is 8.01. The standard InChI is InChI=1S/C30H28N6O5S2/c1-30(2)12-21-25(22(37)13-30)24(16-8-10-17(41-3)11-9-16)19(14-31)26(32)36(21)28-34-35-29(43-28)42-15-23(38)33-20-7-5-4-6-18(20)27(39)40/h4-11,24H,12-13,15,32H2,1-3H3,(H,33,38)(H,39,40). The number of thioether (sulfide) groups is 1. The number of Topliss-reactive ketones (excluding diaryl/α,β-unsaturated/α-hetero) is 1. The highest BCUT2D eigenvalue weighted by atomic mass is 32.2. The maximum atomic E-state index is 13.7. The molecule has 1 aromatic heterocycles. The number of nitrogens with zero attached hydrogens (tertiary/aromatic N) is 4. The van der Waals surface area contributed by atoms with Crippen LogP contribution in [-0.4, -0.2) is 45.8 Å². The highest BCUT2D eigenvalue weighted by Crippen LogP contribution is 2.50. The molecule has 13 heteroatoms. The van der Waals surface area contributed by atoms with Gasteiger partial charge >= 0.3 is 5.97 Å². The van der Waals surface area contributed by atoms with E-state index in [4.69, 9.17) is 10.5 Å². The molecule has 0 bridgehead atoms. The first-order valence-electron chi connectivity index (χ1n) is 13.2. The zero-order valence-corrected chi connectivity index (χ0v) is 25.2. The quantitative estimate of drug-likeness (QED) is 0.294. The zero-order valence-electron chi connectivity index (χ0n) is 23.6. The molecule has 0 radical (unpaired) electrons. The number of para-hydroxylation sites is 1. The largest absolute Gasteiger partial charge is 0.497 e. The number of ketones is 1. The Balaban J connectivity index is 1.45. The summed E-state index contributed by atoms with van der Waals surface area (Å²) in [6, 6.07) is 15.6. The minimum Gasteiger partial charge on any atom is -0.497 e. The predicted octanol–water partition coefficient (Wildman–Crippen LogP) is 4.92. The number of carboxylic acid groups (broad SMARTS) is 1. The molecule has 2 aliphatic rings. The van der Waals surface area contributed by atoms with Gasteiger partial charge in [-0.05, 0) is 41.7 Å². The van der Waals surface area contributed by atoms with E-state index in [9.17, 15) is 24.8 Å². The van der Waals surface area contributed by atoms with Crippen molar-refractivity contribution in [3.8, 4) is 11.8 Å². The van der Waals surface area contributed by atoms with Gasteiger partial charge in [0.15, 0.2) is 10.1 Å². The Hall–Kier alpha value is -4.67. The van der Waals surface area contributed by atoms with Crippen LogP contribution in [0.1, 0.15) is 48.5 Å². The molecule has 2 heterocycles. The number of anilines is 2. The predicted molar refractivity (Wildman–Crippen MR) is 163 cm³/mol. The molecule has 0 spiro atoms. The number of allylic oxidation sites excluding steroid dienone is 3. The zero-order chi connectivity index (χ0) is 30.9. The summed E-state index contributed by atoms with van der Waals surface area (Å²) in [5.41, 5.74) is 8.69. The summed E-state index contributed by atoms with van der Waals surface area (Å²) in [4.78, 5) is 39.4. The van der Waals surface area contributed by atoms with Gasteiger partial charge in [0.1, 0.15) is 11.6 Å². The van der Waals surface area contributed by atoms with Gasteiger partial charge in [-0.1, -0.05) is 61.2 Å². The Bertz CT molecular complexity index is 1720. The van der Waals surface area contributed by atoms with Gasteiger partial charge in [-0.15, -0.1) is 10.2 Å². The number of nitrogens with one attached hydrogen (secondary N) is 1. The van der Waals surface area contributed by atoms with Crippen molar-refractivity contribution in [1.82, 2.24) is 10.2 Å². The second-order valence-electron chi connectivity index (χ2n) is 10.8. The number of carbonyl (C=O) groups is 3. The van der Waals surface area contributed by atoms with Crippen LogP contribution in [0.2, 0.25) is 0 Å². The highest BCUT2D eigenvalue weighted by Gasteiger charge is 2.45. The van der Waals surface area contributed by atoms with E-state index in [-0.39, 0.29) is 39.6 Å². The monoisotopic (exact) mass is 616 g/mol. The van der Waals surface area contributed by atoms with E-state index >= 15 is 0 Å². The number of nitrogens with two attached hydrogens (primary N) is 1. The Morgan fingerprint density at radius 3 is 2.60 bits per heavy atom. The molecule has 43 heavy (non-hydrogen) atoms. The number of methoxy groups -OCH3 is 1. The second kappa shape index (κ2) is 11.9. The smallest absolute Gasteiger partial charge is 0.337 e. The van der Waals surface area contributed by atoms with E-state index in [1.165, 1.54) is 23.5 Å². The lowest BCUT2D eigenvalue weighted by atomic mass is 9.68. The molecule has 0 fully saturated rings. The van der Waals surface area contributed by atoms with Crippen LogP contribution in [0.3, 0.4) is 0 Å². The Morgan fingerprint density at radius 2 is 1.93 bits per heavy atom. The van der Waals surface area contributed by atoms with Crippen molar-refractivity contribution < 1.29 is 24.2 Å². The SMILES string of the molecule is COc1ccc(C2C(C#N)=C(N)N(c3nnc(SCC(=O)Nc4ccccc4C(=O)O)s3)C3=C2C(=O)CC(C)(C)C3)cc1. The van der Waals surface area contributed by atoms with Crippen molar-refractivity contribution in [1.29, 1.82) is 5.26 Å². The van der Waals surface area contributed by atoms with Crippen molar-refractivity contribution in [3.05, 3.63) is 82.3 Å². The summed E-state index contributed by atoms with van der Waals surface area (Å²) in [6.07, 6.45) is 0.843. The van der Waals surface area contributed by atoms with E-state index < -0.39 is 17.8 Å². The second-order valence-corrected chi connectivity index (χ2v) is 13.0. The lowest BCUT2D eigenvalue weighted by Crippen LogP contribution is -2.42. The molecule has 1 aliphatic carbocycles. The van der Waals surface area contributed by atoms with Crippen LogP contribution in [0.15, 0.2) is 75.5 Å². The summed E-state index contributed by atoms with van der Waals surface area (Å²) in [6.45, 7) is 4.02. The lowest BCUT2D eigenvalue weighted by molar-refractivity contribution is -0.118. The topological polar surface area (TPSA) is 172 Å². The van der Waals surface area contributed by atoms with Crippen LogP contribution >= 0.6 is 23.1 Å².